The van der Waals surface area contributed by atoms with Crippen LogP contribution in [-0.2, 0) is 9.59 Å². The summed E-state index contributed by atoms with van der Waals surface area (Å²) in [6, 6.07) is 5.12. The van der Waals surface area contributed by atoms with Crippen LogP contribution in [0.5, 0.6) is 0 Å². The highest BCUT2D eigenvalue weighted by Gasteiger charge is 2.31. The van der Waals surface area contributed by atoms with Gasteiger partial charge in [0.2, 0.25) is 5.91 Å². The Balaban J connectivity index is 1.89. The number of carbonyl (C=O) groups is 2. The van der Waals surface area contributed by atoms with E-state index < -0.39 is 12.0 Å². The number of hydrogen-bond donors (Lipinski definition) is 2. The van der Waals surface area contributed by atoms with Gasteiger partial charge in [-0.05, 0) is 44.0 Å². The summed E-state index contributed by atoms with van der Waals surface area (Å²) in [4.78, 5) is 24.7. The molecule has 0 aromatic heterocycles. The molecule has 1 saturated heterocycles. The fourth-order valence-electron chi connectivity index (χ4n) is 2.60. The lowest BCUT2D eigenvalue weighted by molar-refractivity contribution is -0.142. The van der Waals surface area contributed by atoms with E-state index in [-0.39, 0.29) is 24.3 Å². The molecule has 1 aliphatic rings. The van der Waals surface area contributed by atoms with Gasteiger partial charge in [-0.25, -0.2) is 4.39 Å². The number of benzene rings is 1. The Morgan fingerprint density at radius 3 is 2.71 bits per heavy atom. The van der Waals surface area contributed by atoms with E-state index in [1.807, 2.05) is 6.92 Å². The predicted octanol–water partition coefficient (Wildman–Crippen LogP) is 1.55. The van der Waals surface area contributed by atoms with E-state index in [2.05, 4.69) is 5.32 Å². The van der Waals surface area contributed by atoms with Crippen LogP contribution in [0.4, 0.5) is 4.39 Å². The van der Waals surface area contributed by atoms with Gasteiger partial charge in [0, 0.05) is 0 Å². The minimum absolute atomic E-state index is 0.0719. The average molecular weight is 294 g/mol. The van der Waals surface area contributed by atoms with Gasteiger partial charge in [-0.1, -0.05) is 12.1 Å². The first-order valence-electron chi connectivity index (χ1n) is 6.99. The summed E-state index contributed by atoms with van der Waals surface area (Å²) in [5.41, 5.74) is 0.806. The van der Waals surface area contributed by atoms with Crippen LogP contribution >= 0.6 is 0 Å². The van der Waals surface area contributed by atoms with Gasteiger partial charge in [0.15, 0.2) is 0 Å². The molecule has 6 heteroatoms. The topological polar surface area (TPSA) is 69.6 Å². The molecule has 2 atom stereocenters. The highest BCUT2D eigenvalue weighted by atomic mass is 19.1. The van der Waals surface area contributed by atoms with Crippen molar-refractivity contribution < 1.29 is 19.1 Å². The summed E-state index contributed by atoms with van der Waals surface area (Å²) >= 11 is 0. The summed E-state index contributed by atoms with van der Waals surface area (Å²) in [6.45, 7) is 2.50. The number of halogens is 1. The van der Waals surface area contributed by atoms with E-state index in [1.165, 1.54) is 12.1 Å². The zero-order valence-electron chi connectivity index (χ0n) is 11.9. The van der Waals surface area contributed by atoms with Crippen molar-refractivity contribution in [2.45, 2.75) is 31.8 Å². The van der Waals surface area contributed by atoms with Gasteiger partial charge in [-0.15, -0.1) is 0 Å². The van der Waals surface area contributed by atoms with E-state index in [0.29, 0.717) is 13.0 Å². The van der Waals surface area contributed by atoms with Crippen LogP contribution < -0.4 is 5.32 Å². The molecule has 5 nitrogen and oxygen atoms in total. The molecule has 21 heavy (non-hydrogen) atoms. The normalized spacial score (nSPS) is 20.2. The third-order valence-electron chi connectivity index (χ3n) is 3.74. The molecule has 1 aromatic carbocycles. The predicted molar refractivity (Wildman–Crippen MR) is 75.2 cm³/mol. The summed E-state index contributed by atoms with van der Waals surface area (Å²) in [5, 5.41) is 11.9. The fourth-order valence-corrected chi connectivity index (χ4v) is 2.60. The third kappa shape index (κ3) is 4.01. The Labute approximate surface area is 122 Å². The van der Waals surface area contributed by atoms with Gasteiger partial charge in [-0.3, -0.25) is 14.5 Å². The summed E-state index contributed by atoms with van der Waals surface area (Å²) < 4.78 is 12.9. The molecule has 1 aromatic rings. The quantitative estimate of drug-likeness (QED) is 0.864. The number of likely N-dealkylation sites (tertiary alicyclic amines) is 1. The molecule has 0 saturated carbocycles. The van der Waals surface area contributed by atoms with Crippen LogP contribution in [0.2, 0.25) is 0 Å². The summed E-state index contributed by atoms with van der Waals surface area (Å²) in [6.07, 6.45) is 1.37. The Kier molecular flexibility index (Phi) is 4.90. The molecule has 1 heterocycles. The molecule has 0 aliphatic carbocycles. The van der Waals surface area contributed by atoms with E-state index >= 15 is 0 Å². The second-order valence-electron chi connectivity index (χ2n) is 5.31. The molecule has 1 amide bonds. The lowest BCUT2D eigenvalue weighted by atomic mass is 10.1. The van der Waals surface area contributed by atoms with Crippen LogP contribution in [-0.4, -0.2) is 41.0 Å². The number of nitrogens with zero attached hydrogens (tertiary/aromatic N) is 1. The molecule has 1 fully saturated rings. The maximum Gasteiger partial charge on any atom is 0.320 e. The fraction of sp³-hybridized carbons (Fsp3) is 0.467. The molecule has 0 bridgehead atoms. The maximum absolute atomic E-state index is 12.9. The van der Waals surface area contributed by atoms with Crippen molar-refractivity contribution in [2.24, 2.45) is 0 Å². The van der Waals surface area contributed by atoms with E-state index in [4.69, 9.17) is 5.11 Å². The van der Waals surface area contributed by atoms with Crippen molar-refractivity contribution in [3.8, 4) is 0 Å². The van der Waals surface area contributed by atoms with E-state index in [1.54, 1.807) is 17.0 Å². The zero-order chi connectivity index (χ0) is 15.4. The van der Waals surface area contributed by atoms with E-state index in [9.17, 15) is 14.0 Å². The number of rotatable bonds is 5. The summed E-state index contributed by atoms with van der Waals surface area (Å²) in [5.74, 6) is -1.43. The van der Waals surface area contributed by atoms with E-state index in [0.717, 1.165) is 12.0 Å². The summed E-state index contributed by atoms with van der Waals surface area (Å²) in [7, 11) is 0. The van der Waals surface area contributed by atoms with Crippen LogP contribution in [0.3, 0.4) is 0 Å². The first-order chi connectivity index (χ1) is 9.97. The number of carboxylic acids is 1. The highest BCUT2D eigenvalue weighted by molar-refractivity contribution is 5.80. The minimum atomic E-state index is -0.883. The van der Waals surface area contributed by atoms with Gasteiger partial charge in [0.25, 0.3) is 0 Å². The van der Waals surface area contributed by atoms with Gasteiger partial charge in [-0.2, -0.15) is 0 Å². The number of carboxylic acid groups (broad SMARTS) is 1. The lowest BCUT2D eigenvalue weighted by Gasteiger charge is -2.22. The van der Waals surface area contributed by atoms with Crippen molar-refractivity contribution in [1.82, 2.24) is 10.2 Å². The average Bonchev–Trinajstić information content (AvgIpc) is 2.87. The second-order valence-corrected chi connectivity index (χ2v) is 5.31. The Hall–Kier alpha value is -1.95. The Morgan fingerprint density at radius 2 is 2.10 bits per heavy atom. The number of nitrogens with one attached hydrogen (secondary N) is 1. The van der Waals surface area contributed by atoms with Gasteiger partial charge >= 0.3 is 5.97 Å². The van der Waals surface area contributed by atoms with Crippen molar-refractivity contribution in [1.29, 1.82) is 0 Å². The van der Waals surface area contributed by atoms with Crippen LogP contribution in [0.15, 0.2) is 24.3 Å². The standard InChI is InChI=1S/C15H19FN2O3/c1-10(11-4-6-12(16)7-5-11)17-14(19)9-18-8-2-3-13(18)15(20)21/h4-7,10,13H,2-3,8-9H2,1H3,(H,17,19)(H,20,21)/t10-,13-/m0/s1. The van der Waals surface area contributed by atoms with Gasteiger partial charge in [0.05, 0.1) is 12.6 Å². The van der Waals surface area contributed by atoms with Crippen LogP contribution in [0.25, 0.3) is 0 Å². The first kappa shape index (κ1) is 15.4. The second kappa shape index (κ2) is 6.67. The Morgan fingerprint density at radius 1 is 1.43 bits per heavy atom. The van der Waals surface area contributed by atoms with Crippen LogP contribution in [0.1, 0.15) is 31.4 Å². The number of hydrogen-bond acceptors (Lipinski definition) is 3. The third-order valence-corrected chi connectivity index (χ3v) is 3.74. The largest absolute Gasteiger partial charge is 0.480 e. The van der Waals surface area contributed by atoms with Crippen molar-refractivity contribution >= 4 is 11.9 Å². The minimum Gasteiger partial charge on any atom is -0.480 e. The monoisotopic (exact) mass is 294 g/mol. The molecule has 0 spiro atoms. The molecule has 2 rings (SSSR count). The Bertz CT molecular complexity index is 518. The number of carbonyl (C=O) groups excluding carboxylic acids is 1. The SMILES string of the molecule is C[C@H](NC(=O)CN1CCC[C@H]1C(=O)O)c1ccc(F)cc1. The van der Waals surface area contributed by atoms with Crippen molar-refractivity contribution in [3.63, 3.8) is 0 Å². The number of amides is 1. The highest BCUT2D eigenvalue weighted by Crippen LogP contribution is 2.17. The molecule has 114 valence electrons. The van der Waals surface area contributed by atoms with Gasteiger partial charge in [0.1, 0.15) is 11.9 Å². The van der Waals surface area contributed by atoms with Crippen molar-refractivity contribution in [3.05, 3.63) is 35.6 Å². The molecule has 0 unspecified atom stereocenters. The first-order valence-corrected chi connectivity index (χ1v) is 6.99. The molecule has 0 radical (unpaired) electrons. The molecular formula is C15H19FN2O3. The number of aliphatic carboxylic acids is 1. The van der Waals surface area contributed by atoms with Gasteiger partial charge < -0.3 is 10.4 Å². The maximum atomic E-state index is 12.9. The molecular weight excluding hydrogens is 275 g/mol. The zero-order valence-corrected chi connectivity index (χ0v) is 11.9. The lowest BCUT2D eigenvalue weighted by Crippen LogP contribution is -2.43. The van der Waals surface area contributed by atoms with Crippen molar-refractivity contribution in [2.75, 3.05) is 13.1 Å². The molecule has 2 N–H and O–H groups in total. The smallest absolute Gasteiger partial charge is 0.320 e. The molecule has 1 aliphatic heterocycles. The van der Waals surface area contributed by atoms with Crippen LogP contribution in [0, 0.1) is 5.82 Å².